The van der Waals surface area contributed by atoms with E-state index in [-0.39, 0.29) is 0 Å². The zero-order chi connectivity index (χ0) is 12.4. The number of nitrogens with one attached hydrogen (secondary N) is 1. The summed E-state index contributed by atoms with van der Waals surface area (Å²) in [5.74, 6) is 3.54. The summed E-state index contributed by atoms with van der Waals surface area (Å²) in [7, 11) is 1.91. The number of thioether (sulfide) groups is 1. The lowest BCUT2D eigenvalue weighted by Gasteiger charge is -2.10. The highest BCUT2D eigenvalue weighted by atomic mass is 32.2. The van der Waals surface area contributed by atoms with E-state index >= 15 is 0 Å². The highest BCUT2D eigenvalue weighted by Gasteiger charge is 2.27. The zero-order valence-corrected chi connectivity index (χ0v) is 11.5. The molecule has 2 aliphatic rings. The van der Waals surface area contributed by atoms with E-state index in [1.54, 1.807) is 11.8 Å². The molecule has 3 rings (SSSR count). The van der Waals surface area contributed by atoms with Gasteiger partial charge in [0.1, 0.15) is 16.7 Å². The summed E-state index contributed by atoms with van der Waals surface area (Å²) in [5, 5.41) is 4.20. The average molecular weight is 265 g/mol. The van der Waals surface area contributed by atoms with E-state index in [4.69, 9.17) is 4.74 Å². The van der Waals surface area contributed by atoms with Crippen molar-refractivity contribution < 1.29 is 4.74 Å². The SMILES string of the molecule is CNc1cc(SCC2CCCO2)nc(C2CC2)n1. The normalized spacial score (nSPS) is 23.3. The number of anilines is 1. The van der Waals surface area contributed by atoms with Gasteiger partial charge in [0.15, 0.2) is 0 Å². The molecule has 0 radical (unpaired) electrons. The Hall–Kier alpha value is -0.810. The predicted octanol–water partition coefficient (Wildman–Crippen LogP) is 2.67. The van der Waals surface area contributed by atoms with Gasteiger partial charge in [-0.25, -0.2) is 9.97 Å². The molecule has 1 aliphatic heterocycles. The van der Waals surface area contributed by atoms with Gasteiger partial charge >= 0.3 is 0 Å². The Labute approximate surface area is 112 Å². The zero-order valence-electron chi connectivity index (χ0n) is 10.7. The summed E-state index contributed by atoms with van der Waals surface area (Å²) in [5.41, 5.74) is 0. The molecule has 1 saturated carbocycles. The van der Waals surface area contributed by atoms with Crippen LogP contribution in [0.1, 0.15) is 37.4 Å². The maximum absolute atomic E-state index is 5.64. The fourth-order valence-electron chi connectivity index (χ4n) is 2.12. The molecule has 0 spiro atoms. The molecule has 0 aromatic carbocycles. The first-order valence-corrected chi connectivity index (χ1v) is 7.65. The van der Waals surface area contributed by atoms with Crippen LogP contribution >= 0.6 is 11.8 Å². The van der Waals surface area contributed by atoms with Gasteiger partial charge in [-0.1, -0.05) is 0 Å². The van der Waals surface area contributed by atoms with Crippen LogP contribution in [0.4, 0.5) is 5.82 Å². The standard InChI is InChI=1S/C13H19N3OS/c1-14-11-7-12(16-13(15-11)9-4-5-9)18-8-10-3-2-6-17-10/h7,9-10H,2-6,8H2,1H3,(H,14,15,16). The second kappa shape index (κ2) is 5.45. The fourth-order valence-corrected chi connectivity index (χ4v) is 3.10. The Morgan fingerprint density at radius 3 is 2.94 bits per heavy atom. The van der Waals surface area contributed by atoms with Gasteiger partial charge in [0.25, 0.3) is 0 Å². The van der Waals surface area contributed by atoms with Crippen LogP contribution in [0, 0.1) is 0 Å². The fraction of sp³-hybridized carbons (Fsp3) is 0.692. The molecule has 98 valence electrons. The van der Waals surface area contributed by atoms with Gasteiger partial charge in [0, 0.05) is 31.4 Å². The summed E-state index contributed by atoms with van der Waals surface area (Å²) < 4.78 is 5.64. The molecular weight excluding hydrogens is 246 g/mol. The van der Waals surface area contributed by atoms with Crippen molar-refractivity contribution in [3.8, 4) is 0 Å². The molecule has 2 fully saturated rings. The van der Waals surface area contributed by atoms with E-state index in [2.05, 4.69) is 15.3 Å². The van der Waals surface area contributed by atoms with Gasteiger partial charge < -0.3 is 10.1 Å². The van der Waals surface area contributed by atoms with Gasteiger partial charge in [-0.05, 0) is 25.7 Å². The monoisotopic (exact) mass is 265 g/mol. The van der Waals surface area contributed by atoms with Crippen molar-refractivity contribution in [1.29, 1.82) is 0 Å². The van der Waals surface area contributed by atoms with Crippen LogP contribution in [0.25, 0.3) is 0 Å². The van der Waals surface area contributed by atoms with E-state index in [1.807, 2.05) is 13.1 Å². The van der Waals surface area contributed by atoms with Crippen molar-refractivity contribution >= 4 is 17.6 Å². The highest BCUT2D eigenvalue weighted by Crippen LogP contribution is 2.39. The first-order chi connectivity index (χ1) is 8.85. The van der Waals surface area contributed by atoms with Crippen molar-refractivity contribution in [3.05, 3.63) is 11.9 Å². The third-order valence-electron chi connectivity index (χ3n) is 3.36. The summed E-state index contributed by atoms with van der Waals surface area (Å²) in [6, 6.07) is 2.03. The van der Waals surface area contributed by atoms with Gasteiger partial charge in [-0.15, -0.1) is 11.8 Å². The second-order valence-electron chi connectivity index (χ2n) is 4.92. The Morgan fingerprint density at radius 1 is 1.39 bits per heavy atom. The van der Waals surface area contributed by atoms with Gasteiger partial charge in [-0.3, -0.25) is 0 Å². The molecule has 1 aromatic rings. The summed E-state index contributed by atoms with van der Waals surface area (Å²) in [6.07, 6.45) is 5.27. The van der Waals surface area contributed by atoms with Crippen LogP contribution in [0.5, 0.6) is 0 Å². The van der Waals surface area contributed by atoms with Crippen LogP contribution in [0.15, 0.2) is 11.1 Å². The Morgan fingerprint density at radius 2 is 2.28 bits per heavy atom. The average Bonchev–Trinajstić information content (AvgIpc) is 3.13. The van der Waals surface area contributed by atoms with Crippen LogP contribution in [-0.4, -0.2) is 35.5 Å². The van der Waals surface area contributed by atoms with Crippen molar-refractivity contribution in [2.45, 2.75) is 42.7 Å². The Bertz CT molecular complexity index is 417. The number of nitrogens with zero attached hydrogens (tertiary/aromatic N) is 2. The second-order valence-corrected chi connectivity index (χ2v) is 5.96. The van der Waals surface area contributed by atoms with E-state index in [9.17, 15) is 0 Å². The molecule has 1 aliphatic carbocycles. The highest BCUT2D eigenvalue weighted by molar-refractivity contribution is 7.99. The number of aromatic nitrogens is 2. The molecule has 4 nitrogen and oxygen atoms in total. The summed E-state index contributed by atoms with van der Waals surface area (Å²) >= 11 is 1.79. The Balaban J connectivity index is 1.67. The first-order valence-electron chi connectivity index (χ1n) is 6.66. The first kappa shape index (κ1) is 12.2. The summed E-state index contributed by atoms with van der Waals surface area (Å²) in [6.45, 7) is 0.921. The number of ether oxygens (including phenoxy) is 1. The van der Waals surface area contributed by atoms with E-state index in [1.165, 1.54) is 25.7 Å². The van der Waals surface area contributed by atoms with E-state index in [0.29, 0.717) is 12.0 Å². The van der Waals surface area contributed by atoms with Crippen molar-refractivity contribution in [3.63, 3.8) is 0 Å². The molecular formula is C13H19N3OS. The molecule has 1 saturated heterocycles. The van der Waals surface area contributed by atoms with Gasteiger partial charge in [-0.2, -0.15) is 0 Å². The smallest absolute Gasteiger partial charge is 0.135 e. The Kier molecular flexibility index (Phi) is 3.70. The maximum atomic E-state index is 5.64. The molecule has 2 heterocycles. The minimum Gasteiger partial charge on any atom is -0.377 e. The predicted molar refractivity (Wildman–Crippen MR) is 73.3 cm³/mol. The molecule has 5 heteroatoms. The topological polar surface area (TPSA) is 47.0 Å². The van der Waals surface area contributed by atoms with Crippen molar-refractivity contribution in [1.82, 2.24) is 9.97 Å². The van der Waals surface area contributed by atoms with Crippen LogP contribution in [0.2, 0.25) is 0 Å². The molecule has 1 unspecified atom stereocenters. The van der Waals surface area contributed by atoms with Crippen LogP contribution in [0.3, 0.4) is 0 Å². The largest absolute Gasteiger partial charge is 0.377 e. The minimum atomic E-state index is 0.410. The number of hydrogen-bond acceptors (Lipinski definition) is 5. The third-order valence-corrected chi connectivity index (χ3v) is 4.40. The third kappa shape index (κ3) is 2.95. The quantitative estimate of drug-likeness (QED) is 0.655. The van der Waals surface area contributed by atoms with E-state index in [0.717, 1.165) is 29.0 Å². The van der Waals surface area contributed by atoms with E-state index < -0.39 is 0 Å². The van der Waals surface area contributed by atoms with Crippen molar-refractivity contribution in [2.24, 2.45) is 0 Å². The molecule has 1 aromatic heterocycles. The number of rotatable bonds is 5. The minimum absolute atomic E-state index is 0.410. The molecule has 1 N–H and O–H groups in total. The lowest BCUT2D eigenvalue weighted by molar-refractivity contribution is 0.129. The van der Waals surface area contributed by atoms with Crippen molar-refractivity contribution in [2.75, 3.05) is 24.7 Å². The lowest BCUT2D eigenvalue weighted by Crippen LogP contribution is -2.08. The lowest BCUT2D eigenvalue weighted by atomic mass is 10.3. The molecule has 0 bridgehead atoms. The molecule has 1 atom stereocenters. The maximum Gasteiger partial charge on any atom is 0.135 e. The van der Waals surface area contributed by atoms with Crippen LogP contribution in [-0.2, 0) is 4.74 Å². The molecule has 0 amide bonds. The van der Waals surface area contributed by atoms with Gasteiger partial charge in [0.05, 0.1) is 6.10 Å². The molecule has 18 heavy (non-hydrogen) atoms. The summed E-state index contributed by atoms with van der Waals surface area (Å²) in [4.78, 5) is 9.19. The number of hydrogen-bond donors (Lipinski definition) is 1. The van der Waals surface area contributed by atoms with Crippen LogP contribution < -0.4 is 5.32 Å². The van der Waals surface area contributed by atoms with Gasteiger partial charge in [0.2, 0.25) is 0 Å².